The molecule has 0 spiro atoms. The average molecular weight is 211 g/mol. The molecular weight excluding hydrogens is 194 g/mol. The first-order valence-corrected chi connectivity index (χ1v) is 6.04. The Balaban J connectivity index is 2.14. The Kier molecular flexibility index (Phi) is 3.03. The quantitative estimate of drug-likeness (QED) is 0.805. The minimum absolute atomic E-state index is 0.592. The standard InChI is InChI=1S/C10H17N3S/c1-8(2)9-7-11-3-5-13(9)10-12-4-6-14-10/h4,6,8-9,11H,3,5,7H2,1-2H3. The van der Waals surface area contributed by atoms with E-state index in [0.29, 0.717) is 12.0 Å². The van der Waals surface area contributed by atoms with Crippen molar-refractivity contribution in [2.45, 2.75) is 19.9 Å². The Labute approximate surface area is 89.1 Å². The molecule has 1 saturated heterocycles. The van der Waals surface area contributed by atoms with Gasteiger partial charge in [0, 0.05) is 37.3 Å². The summed E-state index contributed by atoms with van der Waals surface area (Å²) in [6, 6.07) is 0.592. The van der Waals surface area contributed by atoms with Gasteiger partial charge in [0.05, 0.1) is 0 Å². The van der Waals surface area contributed by atoms with Crippen molar-refractivity contribution in [2.75, 3.05) is 24.5 Å². The van der Waals surface area contributed by atoms with Gasteiger partial charge in [-0.25, -0.2) is 4.98 Å². The molecule has 1 aliphatic heterocycles. The van der Waals surface area contributed by atoms with Crippen LogP contribution in [0.1, 0.15) is 13.8 Å². The van der Waals surface area contributed by atoms with Crippen LogP contribution in [0.4, 0.5) is 5.13 Å². The van der Waals surface area contributed by atoms with E-state index >= 15 is 0 Å². The summed E-state index contributed by atoms with van der Waals surface area (Å²) in [4.78, 5) is 6.83. The van der Waals surface area contributed by atoms with Crippen LogP contribution in [0.15, 0.2) is 11.6 Å². The highest BCUT2D eigenvalue weighted by Gasteiger charge is 2.26. The molecule has 1 aromatic rings. The molecule has 0 aromatic carbocycles. The normalized spacial score (nSPS) is 23.1. The van der Waals surface area contributed by atoms with Crippen LogP contribution in [0.3, 0.4) is 0 Å². The third-order valence-electron chi connectivity index (χ3n) is 2.72. The van der Waals surface area contributed by atoms with Gasteiger partial charge in [0.1, 0.15) is 0 Å². The number of nitrogens with one attached hydrogen (secondary N) is 1. The molecule has 1 unspecified atom stereocenters. The molecule has 14 heavy (non-hydrogen) atoms. The van der Waals surface area contributed by atoms with Crippen LogP contribution < -0.4 is 10.2 Å². The molecule has 1 aliphatic rings. The summed E-state index contributed by atoms with van der Waals surface area (Å²) in [7, 11) is 0. The minimum atomic E-state index is 0.592. The van der Waals surface area contributed by atoms with Gasteiger partial charge in [0.15, 0.2) is 5.13 Å². The number of piperazine rings is 1. The van der Waals surface area contributed by atoms with Gasteiger partial charge in [-0.15, -0.1) is 11.3 Å². The van der Waals surface area contributed by atoms with Gasteiger partial charge in [0.25, 0.3) is 0 Å². The second-order valence-corrected chi connectivity index (χ2v) is 4.90. The van der Waals surface area contributed by atoms with Crippen LogP contribution in [0.2, 0.25) is 0 Å². The maximum absolute atomic E-state index is 4.39. The van der Waals surface area contributed by atoms with Crippen LogP contribution in [0, 0.1) is 5.92 Å². The Morgan fingerprint density at radius 2 is 2.50 bits per heavy atom. The Hall–Kier alpha value is -0.610. The number of nitrogens with zero attached hydrogens (tertiary/aromatic N) is 2. The lowest BCUT2D eigenvalue weighted by molar-refractivity contribution is 0.390. The summed E-state index contributed by atoms with van der Waals surface area (Å²) in [5, 5.41) is 6.67. The van der Waals surface area contributed by atoms with E-state index in [1.165, 1.54) is 5.13 Å². The van der Waals surface area contributed by atoms with Crippen LogP contribution in [-0.2, 0) is 0 Å². The lowest BCUT2D eigenvalue weighted by atomic mass is 10.0. The monoisotopic (exact) mass is 211 g/mol. The molecule has 2 heterocycles. The first kappa shape index (κ1) is 9.93. The first-order valence-electron chi connectivity index (χ1n) is 5.16. The number of rotatable bonds is 2. The molecule has 78 valence electrons. The fourth-order valence-corrected chi connectivity index (χ4v) is 2.64. The largest absolute Gasteiger partial charge is 0.342 e. The topological polar surface area (TPSA) is 28.2 Å². The van der Waals surface area contributed by atoms with Crippen LogP contribution in [0.5, 0.6) is 0 Å². The van der Waals surface area contributed by atoms with E-state index < -0.39 is 0 Å². The Morgan fingerprint density at radius 1 is 1.64 bits per heavy atom. The highest BCUT2D eigenvalue weighted by atomic mass is 32.1. The van der Waals surface area contributed by atoms with E-state index in [1.807, 2.05) is 6.20 Å². The van der Waals surface area contributed by atoms with Gasteiger partial charge in [-0.05, 0) is 5.92 Å². The Bertz CT molecular complexity index is 271. The smallest absolute Gasteiger partial charge is 0.185 e. The van der Waals surface area contributed by atoms with Gasteiger partial charge in [-0.2, -0.15) is 0 Å². The lowest BCUT2D eigenvalue weighted by Crippen LogP contribution is -2.53. The second kappa shape index (κ2) is 4.28. The third-order valence-corrected chi connectivity index (χ3v) is 3.53. The summed E-state index contributed by atoms with van der Waals surface area (Å²) in [5.41, 5.74) is 0. The number of anilines is 1. The fourth-order valence-electron chi connectivity index (χ4n) is 1.92. The third kappa shape index (κ3) is 1.91. The van der Waals surface area contributed by atoms with Crippen molar-refractivity contribution < 1.29 is 0 Å². The van der Waals surface area contributed by atoms with Gasteiger partial charge in [0.2, 0.25) is 0 Å². The molecule has 1 N–H and O–H groups in total. The molecule has 3 nitrogen and oxygen atoms in total. The summed E-state index contributed by atoms with van der Waals surface area (Å²) < 4.78 is 0. The van der Waals surface area contributed by atoms with Crippen LogP contribution in [-0.4, -0.2) is 30.7 Å². The molecule has 0 radical (unpaired) electrons. The van der Waals surface area contributed by atoms with Crippen molar-refractivity contribution >= 4 is 16.5 Å². The minimum Gasteiger partial charge on any atom is -0.342 e. The molecule has 0 amide bonds. The van der Waals surface area contributed by atoms with E-state index in [4.69, 9.17) is 0 Å². The SMILES string of the molecule is CC(C)C1CNCCN1c1nccs1. The predicted octanol–water partition coefficient (Wildman–Crippen LogP) is 1.58. The maximum Gasteiger partial charge on any atom is 0.185 e. The maximum atomic E-state index is 4.39. The zero-order valence-corrected chi connectivity index (χ0v) is 9.55. The van der Waals surface area contributed by atoms with Crippen molar-refractivity contribution in [3.05, 3.63) is 11.6 Å². The molecular formula is C10H17N3S. The number of hydrogen-bond acceptors (Lipinski definition) is 4. The molecule has 1 fully saturated rings. The zero-order valence-electron chi connectivity index (χ0n) is 8.73. The van der Waals surface area contributed by atoms with Gasteiger partial charge >= 0.3 is 0 Å². The first-order chi connectivity index (χ1) is 6.79. The molecule has 0 saturated carbocycles. The van der Waals surface area contributed by atoms with Crippen molar-refractivity contribution in [3.63, 3.8) is 0 Å². The van der Waals surface area contributed by atoms with Gasteiger partial charge in [-0.3, -0.25) is 0 Å². The van der Waals surface area contributed by atoms with Crippen molar-refractivity contribution in [2.24, 2.45) is 5.92 Å². The van der Waals surface area contributed by atoms with Gasteiger partial charge < -0.3 is 10.2 Å². The van der Waals surface area contributed by atoms with E-state index in [1.54, 1.807) is 11.3 Å². The van der Waals surface area contributed by atoms with Crippen molar-refractivity contribution in [1.82, 2.24) is 10.3 Å². The van der Waals surface area contributed by atoms with Gasteiger partial charge in [-0.1, -0.05) is 13.8 Å². The molecule has 1 aromatic heterocycles. The average Bonchev–Trinajstić information content (AvgIpc) is 2.70. The van der Waals surface area contributed by atoms with Crippen LogP contribution >= 0.6 is 11.3 Å². The highest BCUT2D eigenvalue weighted by Crippen LogP contribution is 2.23. The summed E-state index contributed by atoms with van der Waals surface area (Å²) in [5.74, 6) is 0.673. The predicted molar refractivity (Wildman–Crippen MR) is 61.0 cm³/mol. The molecule has 2 rings (SSSR count). The number of aromatic nitrogens is 1. The van der Waals surface area contributed by atoms with E-state index in [-0.39, 0.29) is 0 Å². The number of thiazole rings is 1. The van der Waals surface area contributed by atoms with Crippen LogP contribution in [0.25, 0.3) is 0 Å². The number of hydrogen-bond donors (Lipinski definition) is 1. The van der Waals surface area contributed by atoms with Crippen molar-refractivity contribution in [1.29, 1.82) is 0 Å². The van der Waals surface area contributed by atoms with E-state index in [2.05, 4.69) is 34.4 Å². The zero-order chi connectivity index (χ0) is 9.97. The molecule has 1 atom stereocenters. The lowest BCUT2D eigenvalue weighted by Gasteiger charge is -2.38. The Morgan fingerprint density at radius 3 is 3.14 bits per heavy atom. The summed E-state index contributed by atoms with van der Waals surface area (Å²) >= 11 is 1.74. The summed E-state index contributed by atoms with van der Waals surface area (Å²) in [6.07, 6.45) is 1.89. The molecule has 0 bridgehead atoms. The van der Waals surface area contributed by atoms with E-state index in [9.17, 15) is 0 Å². The molecule has 0 aliphatic carbocycles. The van der Waals surface area contributed by atoms with E-state index in [0.717, 1.165) is 19.6 Å². The summed E-state index contributed by atoms with van der Waals surface area (Å²) in [6.45, 7) is 7.78. The highest BCUT2D eigenvalue weighted by molar-refractivity contribution is 7.13. The molecule has 4 heteroatoms. The van der Waals surface area contributed by atoms with Crippen molar-refractivity contribution in [3.8, 4) is 0 Å². The second-order valence-electron chi connectivity index (χ2n) is 4.02. The fraction of sp³-hybridized carbons (Fsp3) is 0.700.